The van der Waals surface area contributed by atoms with Crippen molar-refractivity contribution in [3.63, 3.8) is 0 Å². The Balaban J connectivity index is 0.00000196. The number of rotatable bonds is 7. The van der Waals surface area contributed by atoms with Crippen LogP contribution in [0, 0.1) is 5.41 Å². The van der Waals surface area contributed by atoms with Crippen molar-refractivity contribution in [2.45, 2.75) is 18.9 Å². The maximum Gasteiger partial charge on any atom is 0.231 e. The second-order valence-electron chi connectivity index (χ2n) is 7.33. The molecular formula is C19H33Cl2N3O3S. The maximum atomic E-state index is 13.4. The molecule has 1 aromatic heterocycles. The molecule has 28 heavy (non-hydrogen) atoms. The molecule has 0 spiro atoms. The Kier molecular flexibility index (Phi) is 11.3. The first-order valence-electron chi connectivity index (χ1n) is 9.47. The van der Waals surface area contributed by atoms with E-state index in [1.807, 2.05) is 11.9 Å². The molecule has 1 amide bonds. The first kappa shape index (κ1) is 25.6. The van der Waals surface area contributed by atoms with Crippen molar-refractivity contribution in [1.29, 1.82) is 0 Å². The Labute approximate surface area is 184 Å². The van der Waals surface area contributed by atoms with Crippen molar-refractivity contribution >= 4 is 42.1 Å². The zero-order valence-corrected chi connectivity index (χ0v) is 19.2. The van der Waals surface area contributed by atoms with Crippen molar-refractivity contribution in [2.24, 2.45) is 5.41 Å². The van der Waals surface area contributed by atoms with Gasteiger partial charge >= 0.3 is 0 Å². The molecule has 2 aliphatic rings. The van der Waals surface area contributed by atoms with Crippen molar-refractivity contribution in [1.82, 2.24) is 15.1 Å². The number of methoxy groups -OCH3 is 1. The molecule has 2 fully saturated rings. The van der Waals surface area contributed by atoms with E-state index in [9.17, 15) is 4.79 Å². The number of hydrogen-bond acceptors (Lipinski definition) is 6. The number of halogens is 2. The van der Waals surface area contributed by atoms with Gasteiger partial charge in [-0.15, -0.1) is 36.2 Å². The Bertz CT molecular complexity index is 559. The van der Waals surface area contributed by atoms with E-state index in [1.54, 1.807) is 18.4 Å². The van der Waals surface area contributed by atoms with Crippen LogP contribution in [0.1, 0.15) is 23.8 Å². The lowest BCUT2D eigenvalue weighted by molar-refractivity contribution is -0.147. The lowest BCUT2D eigenvalue weighted by atomic mass is 9.78. The number of nitrogens with zero attached hydrogens (tertiary/aromatic N) is 2. The van der Waals surface area contributed by atoms with Crippen LogP contribution in [-0.4, -0.2) is 82.4 Å². The van der Waals surface area contributed by atoms with Crippen LogP contribution >= 0.6 is 36.2 Å². The van der Waals surface area contributed by atoms with Crippen molar-refractivity contribution in [2.75, 3.05) is 66.7 Å². The average Bonchev–Trinajstić information content (AvgIpc) is 3.21. The fourth-order valence-corrected chi connectivity index (χ4v) is 4.96. The van der Waals surface area contributed by atoms with Gasteiger partial charge in [-0.1, -0.05) is 6.07 Å². The first-order valence-corrected chi connectivity index (χ1v) is 10.3. The Morgan fingerprint density at radius 3 is 2.61 bits per heavy atom. The molecule has 0 aliphatic carbocycles. The molecule has 1 N–H and O–H groups in total. The molecule has 1 unspecified atom stereocenters. The van der Waals surface area contributed by atoms with Gasteiger partial charge in [0.05, 0.1) is 31.3 Å². The highest BCUT2D eigenvalue weighted by molar-refractivity contribution is 7.10. The first-order chi connectivity index (χ1) is 12.7. The van der Waals surface area contributed by atoms with E-state index in [0.717, 1.165) is 52.2 Å². The number of ether oxygens (including phenoxy) is 2. The molecule has 6 nitrogen and oxygen atoms in total. The molecule has 3 rings (SSSR count). The van der Waals surface area contributed by atoms with Gasteiger partial charge in [0.25, 0.3) is 0 Å². The van der Waals surface area contributed by atoms with Gasteiger partial charge in [-0.3, -0.25) is 9.69 Å². The second kappa shape index (κ2) is 12.3. The van der Waals surface area contributed by atoms with E-state index >= 15 is 0 Å². The van der Waals surface area contributed by atoms with Gasteiger partial charge in [0.15, 0.2) is 0 Å². The van der Waals surface area contributed by atoms with Gasteiger partial charge in [-0.25, -0.2) is 0 Å². The number of carbonyl (C=O) groups is 1. The normalized spacial score (nSPS) is 20.5. The number of piperidine rings is 1. The van der Waals surface area contributed by atoms with Crippen molar-refractivity contribution < 1.29 is 14.3 Å². The van der Waals surface area contributed by atoms with Crippen LogP contribution in [0.25, 0.3) is 0 Å². The standard InChI is InChI=1S/C19H31N3O3S.2ClH/c1-21(18(23)19(15-24-2)5-7-20-8-6-19)14-16(17-4-3-13-26-17)22-9-11-25-12-10-22;;/h3-4,13,16,20H,5-12,14-15H2,1-2H3;2*1H. The molecule has 0 aromatic carbocycles. The Hall–Kier alpha value is -0.410. The molecule has 1 atom stereocenters. The lowest BCUT2D eigenvalue weighted by Gasteiger charge is -2.41. The van der Waals surface area contributed by atoms with Gasteiger partial charge in [-0.2, -0.15) is 0 Å². The van der Waals surface area contributed by atoms with Gasteiger partial charge in [-0.05, 0) is 37.4 Å². The van der Waals surface area contributed by atoms with E-state index in [-0.39, 0.29) is 42.2 Å². The summed E-state index contributed by atoms with van der Waals surface area (Å²) in [6.07, 6.45) is 1.68. The van der Waals surface area contributed by atoms with Gasteiger partial charge < -0.3 is 19.7 Å². The SMILES string of the molecule is COCC1(C(=O)N(C)CC(c2cccs2)N2CCOCC2)CCNCC1.Cl.Cl. The summed E-state index contributed by atoms with van der Waals surface area (Å²) in [4.78, 5) is 19.1. The molecular weight excluding hydrogens is 421 g/mol. The third-order valence-corrected chi connectivity index (χ3v) is 6.56. The van der Waals surface area contributed by atoms with Crippen molar-refractivity contribution in [3.05, 3.63) is 22.4 Å². The number of thiophene rings is 1. The molecule has 3 heterocycles. The number of likely N-dealkylation sites (N-methyl/N-ethyl adjacent to an activating group) is 1. The van der Waals surface area contributed by atoms with Crippen LogP contribution in [0.5, 0.6) is 0 Å². The van der Waals surface area contributed by atoms with E-state index in [4.69, 9.17) is 9.47 Å². The van der Waals surface area contributed by atoms with Crippen LogP contribution in [0.3, 0.4) is 0 Å². The minimum Gasteiger partial charge on any atom is -0.384 e. The van der Waals surface area contributed by atoms with Gasteiger partial charge in [0.1, 0.15) is 0 Å². The zero-order chi connectivity index (χ0) is 18.4. The van der Waals surface area contributed by atoms with Gasteiger partial charge in [0.2, 0.25) is 5.91 Å². The smallest absolute Gasteiger partial charge is 0.231 e. The molecule has 9 heteroatoms. The maximum absolute atomic E-state index is 13.4. The predicted octanol–water partition coefficient (Wildman–Crippen LogP) is 2.44. The summed E-state index contributed by atoms with van der Waals surface area (Å²) >= 11 is 1.77. The molecule has 0 radical (unpaired) electrons. The van der Waals surface area contributed by atoms with Crippen LogP contribution in [-0.2, 0) is 14.3 Å². The van der Waals surface area contributed by atoms with Crippen LogP contribution in [0.15, 0.2) is 17.5 Å². The number of amides is 1. The monoisotopic (exact) mass is 453 g/mol. The Morgan fingerprint density at radius 1 is 1.36 bits per heavy atom. The highest BCUT2D eigenvalue weighted by atomic mass is 35.5. The fraction of sp³-hybridized carbons (Fsp3) is 0.737. The molecule has 162 valence electrons. The molecule has 2 saturated heterocycles. The minimum absolute atomic E-state index is 0. The topological polar surface area (TPSA) is 54.0 Å². The van der Waals surface area contributed by atoms with Crippen LogP contribution in [0.2, 0.25) is 0 Å². The third kappa shape index (κ3) is 6.05. The lowest BCUT2D eigenvalue weighted by Crippen LogP contribution is -2.52. The predicted molar refractivity (Wildman–Crippen MR) is 118 cm³/mol. The quantitative estimate of drug-likeness (QED) is 0.686. The van der Waals surface area contributed by atoms with E-state index in [1.165, 1.54) is 4.88 Å². The summed E-state index contributed by atoms with van der Waals surface area (Å²) in [7, 11) is 3.64. The largest absolute Gasteiger partial charge is 0.384 e. The van der Waals surface area contributed by atoms with E-state index in [2.05, 4.69) is 27.7 Å². The summed E-state index contributed by atoms with van der Waals surface area (Å²) in [5.74, 6) is 0.218. The average molecular weight is 454 g/mol. The fourth-order valence-electron chi connectivity index (χ4n) is 4.10. The highest BCUT2D eigenvalue weighted by Crippen LogP contribution is 2.33. The zero-order valence-electron chi connectivity index (χ0n) is 16.7. The third-order valence-electron chi connectivity index (χ3n) is 5.59. The highest BCUT2D eigenvalue weighted by Gasteiger charge is 2.42. The molecule has 1 aromatic rings. The molecule has 0 bridgehead atoms. The summed E-state index contributed by atoms with van der Waals surface area (Å²) in [6, 6.07) is 4.50. The summed E-state index contributed by atoms with van der Waals surface area (Å²) in [5, 5.41) is 5.47. The minimum atomic E-state index is -0.389. The van der Waals surface area contributed by atoms with Gasteiger partial charge in [0, 0.05) is 38.7 Å². The number of carbonyl (C=O) groups excluding carboxylic acids is 1. The van der Waals surface area contributed by atoms with Crippen LogP contribution in [0.4, 0.5) is 0 Å². The second-order valence-corrected chi connectivity index (χ2v) is 8.31. The molecule has 2 aliphatic heterocycles. The number of morpholine rings is 1. The van der Waals surface area contributed by atoms with E-state index < -0.39 is 0 Å². The Morgan fingerprint density at radius 2 is 2.04 bits per heavy atom. The van der Waals surface area contributed by atoms with Crippen molar-refractivity contribution in [3.8, 4) is 0 Å². The summed E-state index contributed by atoms with van der Waals surface area (Å²) in [5.41, 5.74) is -0.389. The molecule has 0 saturated carbocycles. The number of hydrogen-bond donors (Lipinski definition) is 1. The number of nitrogens with one attached hydrogen (secondary N) is 1. The summed E-state index contributed by atoms with van der Waals surface area (Å²) in [6.45, 7) is 6.31. The van der Waals surface area contributed by atoms with E-state index in [0.29, 0.717) is 13.2 Å². The van der Waals surface area contributed by atoms with Crippen LogP contribution < -0.4 is 5.32 Å². The summed E-state index contributed by atoms with van der Waals surface area (Å²) < 4.78 is 11.0.